The Morgan fingerprint density at radius 1 is 1.02 bits per heavy atom. The van der Waals surface area contributed by atoms with Crippen LogP contribution in [0.1, 0.15) is 39.7 Å². The summed E-state index contributed by atoms with van der Waals surface area (Å²) in [5, 5.41) is 7.91. The molecule has 2 aliphatic heterocycles. The second-order valence-electron chi connectivity index (χ2n) is 10.8. The molecule has 4 aromatic rings. The van der Waals surface area contributed by atoms with Crippen LogP contribution >= 0.6 is 0 Å². The number of carbonyl (C=O) groups excluding carboxylic acids is 3. The summed E-state index contributed by atoms with van der Waals surface area (Å²) in [6.45, 7) is 4.21. The highest BCUT2D eigenvalue weighted by Crippen LogP contribution is 2.35. The van der Waals surface area contributed by atoms with E-state index in [1.807, 2.05) is 61.7 Å². The van der Waals surface area contributed by atoms with Crippen molar-refractivity contribution in [1.82, 2.24) is 25.3 Å². The lowest BCUT2D eigenvalue weighted by molar-refractivity contribution is -0.131. The van der Waals surface area contributed by atoms with Crippen LogP contribution in [0.3, 0.4) is 0 Å². The summed E-state index contributed by atoms with van der Waals surface area (Å²) in [5.74, 6) is 0.359. The number of ether oxygens (including phenoxy) is 1. The molecule has 10 heteroatoms. The van der Waals surface area contributed by atoms with Crippen molar-refractivity contribution in [1.29, 1.82) is 0 Å². The first-order chi connectivity index (χ1) is 19.9. The zero-order valence-corrected chi connectivity index (χ0v) is 23.0. The highest BCUT2D eigenvalue weighted by molar-refractivity contribution is 5.98. The van der Waals surface area contributed by atoms with Crippen LogP contribution in [0, 0.1) is 12.8 Å². The molecular weight excluding hydrogens is 522 g/mol. The quantitative estimate of drug-likeness (QED) is 0.400. The molecule has 10 nitrogen and oxygen atoms in total. The molecule has 2 aromatic carbocycles. The van der Waals surface area contributed by atoms with Gasteiger partial charge < -0.3 is 29.4 Å². The number of nitrogens with zero attached hydrogens (tertiary/aromatic N) is 3. The predicted molar refractivity (Wildman–Crippen MR) is 152 cm³/mol. The van der Waals surface area contributed by atoms with E-state index >= 15 is 0 Å². The van der Waals surface area contributed by atoms with Crippen molar-refractivity contribution in [2.45, 2.75) is 25.7 Å². The number of H-pyrrole nitrogens is 1. The van der Waals surface area contributed by atoms with Gasteiger partial charge in [-0.25, -0.2) is 0 Å². The van der Waals surface area contributed by atoms with E-state index in [0.717, 1.165) is 22.2 Å². The van der Waals surface area contributed by atoms with Crippen molar-refractivity contribution in [3.05, 3.63) is 83.4 Å². The number of likely N-dealkylation sites (tertiary alicyclic amines) is 1. The molecule has 0 saturated carbocycles. The standard InChI is InChI=1S/C31H33N5O5/c1-20-14-25(41-34-20)17-29(37)35-11-3-9-33-30(38)27-19-36(31(39)23-6-7-28-22(15-23)8-10-32-28)18-26(27)21-4-2-5-24(16-21)40-13-12-35/h2,4-8,10,14-16,26-27,32H,3,9,11-13,17-19H2,1H3,(H,33,38)/t26-,27+/m1/s1. The van der Waals surface area contributed by atoms with Gasteiger partial charge in [-0.15, -0.1) is 0 Å². The van der Waals surface area contributed by atoms with Gasteiger partial charge in [-0.2, -0.15) is 0 Å². The zero-order chi connectivity index (χ0) is 28.3. The molecular formula is C31H33N5O5. The molecule has 2 bridgehead atoms. The van der Waals surface area contributed by atoms with Gasteiger partial charge >= 0.3 is 0 Å². The second kappa shape index (κ2) is 11.5. The first-order valence-electron chi connectivity index (χ1n) is 14.0. The van der Waals surface area contributed by atoms with Crippen molar-refractivity contribution < 1.29 is 23.6 Å². The van der Waals surface area contributed by atoms with E-state index in [2.05, 4.69) is 15.5 Å². The molecule has 0 aliphatic carbocycles. The number of nitrogens with one attached hydrogen (secondary N) is 2. The summed E-state index contributed by atoms with van der Waals surface area (Å²) in [5.41, 5.74) is 3.25. The third kappa shape index (κ3) is 5.82. The fraction of sp³-hybridized carbons (Fsp3) is 0.355. The van der Waals surface area contributed by atoms with Gasteiger partial charge in [0.05, 0.1) is 24.6 Å². The maximum atomic E-state index is 13.5. The monoisotopic (exact) mass is 555 g/mol. The number of benzene rings is 2. The second-order valence-corrected chi connectivity index (χ2v) is 10.8. The number of aromatic amines is 1. The molecule has 212 valence electrons. The van der Waals surface area contributed by atoms with E-state index in [9.17, 15) is 14.4 Å². The summed E-state index contributed by atoms with van der Waals surface area (Å²) in [7, 11) is 0. The Hall–Kier alpha value is -4.60. The first-order valence-corrected chi connectivity index (χ1v) is 14.0. The summed E-state index contributed by atoms with van der Waals surface area (Å²) < 4.78 is 11.3. The number of aromatic nitrogens is 2. The average Bonchev–Trinajstić information content (AvgIpc) is 3.73. The van der Waals surface area contributed by atoms with E-state index in [1.54, 1.807) is 15.9 Å². The molecule has 2 aliphatic rings. The van der Waals surface area contributed by atoms with Gasteiger partial charge in [0.1, 0.15) is 18.1 Å². The van der Waals surface area contributed by atoms with Gasteiger partial charge in [-0.3, -0.25) is 14.4 Å². The number of fused-ring (bicyclic) bond motifs is 5. The Labute approximate surface area is 237 Å². The van der Waals surface area contributed by atoms with Crippen LogP contribution in [0.25, 0.3) is 10.9 Å². The maximum Gasteiger partial charge on any atom is 0.253 e. The maximum absolute atomic E-state index is 13.5. The van der Waals surface area contributed by atoms with E-state index in [-0.39, 0.29) is 30.1 Å². The number of hydrogen-bond donors (Lipinski definition) is 2. The molecule has 0 unspecified atom stereocenters. The third-order valence-electron chi connectivity index (χ3n) is 7.92. The molecule has 1 fully saturated rings. The predicted octanol–water partition coefficient (Wildman–Crippen LogP) is 3.29. The number of amides is 3. The SMILES string of the molecule is Cc1cc(CC(=O)N2CCCNC(=O)[C@H]3CN(C(=O)c4ccc5[nH]ccc5c4)C[C@@H]3c3cccc(c3)OCC2)on1. The molecule has 6 rings (SSSR count). The summed E-state index contributed by atoms with van der Waals surface area (Å²) in [6, 6.07) is 17.0. The molecule has 4 heterocycles. The normalized spacial score (nSPS) is 19.8. The largest absolute Gasteiger partial charge is 0.492 e. The van der Waals surface area contributed by atoms with E-state index in [1.165, 1.54) is 0 Å². The Morgan fingerprint density at radius 2 is 1.90 bits per heavy atom. The van der Waals surface area contributed by atoms with Crippen LogP contribution < -0.4 is 10.1 Å². The van der Waals surface area contributed by atoms with Crippen LogP contribution in [0.15, 0.2) is 65.3 Å². The summed E-state index contributed by atoms with van der Waals surface area (Å²) in [6.07, 6.45) is 2.56. The number of aryl methyl sites for hydroxylation is 1. The third-order valence-corrected chi connectivity index (χ3v) is 7.92. The Morgan fingerprint density at radius 3 is 2.76 bits per heavy atom. The fourth-order valence-electron chi connectivity index (χ4n) is 5.78. The van der Waals surface area contributed by atoms with Gasteiger partial charge in [0.2, 0.25) is 11.8 Å². The first kappa shape index (κ1) is 26.6. The van der Waals surface area contributed by atoms with Crippen LogP contribution in [0.5, 0.6) is 5.75 Å². The Balaban J connectivity index is 1.19. The van der Waals surface area contributed by atoms with Crippen molar-refractivity contribution in [2.24, 2.45) is 5.92 Å². The molecule has 1 saturated heterocycles. The highest BCUT2D eigenvalue weighted by atomic mass is 16.5. The smallest absolute Gasteiger partial charge is 0.253 e. The van der Waals surface area contributed by atoms with E-state index < -0.39 is 5.92 Å². The molecule has 3 amide bonds. The Kier molecular flexibility index (Phi) is 7.45. The highest BCUT2D eigenvalue weighted by Gasteiger charge is 2.40. The van der Waals surface area contributed by atoms with Gasteiger partial charge in [-0.05, 0) is 55.3 Å². The van der Waals surface area contributed by atoms with Crippen molar-refractivity contribution in [3.63, 3.8) is 0 Å². The van der Waals surface area contributed by atoms with Gasteiger partial charge in [0.25, 0.3) is 5.91 Å². The molecule has 2 aromatic heterocycles. The minimum absolute atomic E-state index is 0.0836. The van der Waals surface area contributed by atoms with Crippen molar-refractivity contribution in [2.75, 3.05) is 39.3 Å². The Bertz CT molecular complexity index is 1580. The van der Waals surface area contributed by atoms with Crippen molar-refractivity contribution >= 4 is 28.6 Å². The van der Waals surface area contributed by atoms with Crippen LogP contribution in [0.2, 0.25) is 0 Å². The van der Waals surface area contributed by atoms with Crippen molar-refractivity contribution in [3.8, 4) is 5.75 Å². The molecule has 2 atom stereocenters. The molecule has 0 spiro atoms. The average molecular weight is 556 g/mol. The van der Waals surface area contributed by atoms with Crippen LogP contribution in [0.4, 0.5) is 0 Å². The summed E-state index contributed by atoms with van der Waals surface area (Å²) in [4.78, 5) is 46.7. The van der Waals surface area contributed by atoms with Crippen LogP contribution in [-0.2, 0) is 16.0 Å². The summed E-state index contributed by atoms with van der Waals surface area (Å²) >= 11 is 0. The van der Waals surface area contributed by atoms with Gasteiger partial charge in [-0.1, -0.05) is 17.3 Å². The van der Waals surface area contributed by atoms with Gasteiger partial charge in [0, 0.05) is 60.8 Å². The number of rotatable bonds is 3. The van der Waals surface area contributed by atoms with Crippen LogP contribution in [-0.4, -0.2) is 77.0 Å². The lowest BCUT2D eigenvalue weighted by Gasteiger charge is -2.24. The molecule has 2 N–H and O–H groups in total. The number of carbonyl (C=O) groups is 3. The molecule has 41 heavy (non-hydrogen) atoms. The lowest BCUT2D eigenvalue weighted by Crippen LogP contribution is -2.40. The van der Waals surface area contributed by atoms with Gasteiger partial charge in [0.15, 0.2) is 0 Å². The van der Waals surface area contributed by atoms with E-state index in [0.29, 0.717) is 62.8 Å². The minimum Gasteiger partial charge on any atom is -0.492 e. The zero-order valence-electron chi connectivity index (χ0n) is 23.0. The van der Waals surface area contributed by atoms with E-state index in [4.69, 9.17) is 9.26 Å². The molecule has 0 radical (unpaired) electrons. The fourth-order valence-corrected chi connectivity index (χ4v) is 5.78. The lowest BCUT2D eigenvalue weighted by atomic mass is 9.88. The number of hydrogen-bond acceptors (Lipinski definition) is 6. The topological polar surface area (TPSA) is 121 Å². The minimum atomic E-state index is -0.402.